The molecule has 3 aromatic rings. The Balaban J connectivity index is 0.976. The van der Waals surface area contributed by atoms with E-state index in [2.05, 4.69) is 11.0 Å². The number of halogens is 1. The zero-order valence-corrected chi connectivity index (χ0v) is 23.3. The molecule has 0 atom stereocenters. The lowest BCUT2D eigenvalue weighted by Crippen LogP contribution is -2.48. The van der Waals surface area contributed by atoms with Gasteiger partial charge in [-0.3, -0.25) is 14.5 Å². The SMILES string of the molecule is O=C(Cc1ccccc1Cl)N1CCC(c2nc(C(=O)N3CCN(Cc4ccc5c(c4)OCO5)CC3)cs2)CC1. The van der Waals surface area contributed by atoms with E-state index in [1.54, 1.807) is 11.3 Å². The van der Waals surface area contributed by atoms with E-state index in [9.17, 15) is 9.59 Å². The predicted octanol–water partition coefficient (Wildman–Crippen LogP) is 4.43. The van der Waals surface area contributed by atoms with Gasteiger partial charge in [-0.25, -0.2) is 4.98 Å². The summed E-state index contributed by atoms with van der Waals surface area (Å²) in [7, 11) is 0. The maximum absolute atomic E-state index is 13.2. The van der Waals surface area contributed by atoms with Crippen molar-refractivity contribution in [3.63, 3.8) is 0 Å². The van der Waals surface area contributed by atoms with E-state index in [4.69, 9.17) is 26.1 Å². The van der Waals surface area contributed by atoms with Gasteiger partial charge < -0.3 is 19.3 Å². The van der Waals surface area contributed by atoms with Gasteiger partial charge in [0.1, 0.15) is 5.69 Å². The molecule has 0 N–H and O–H groups in total. The number of amides is 2. The molecule has 2 fully saturated rings. The number of nitrogens with zero attached hydrogens (tertiary/aromatic N) is 4. The molecule has 10 heteroatoms. The first kappa shape index (κ1) is 26.1. The first-order valence-corrected chi connectivity index (χ1v) is 14.7. The Morgan fingerprint density at radius 3 is 2.51 bits per heavy atom. The van der Waals surface area contributed by atoms with E-state index < -0.39 is 0 Å². The van der Waals surface area contributed by atoms with Gasteiger partial charge in [-0.1, -0.05) is 35.9 Å². The van der Waals surface area contributed by atoms with Gasteiger partial charge in [0.25, 0.3) is 5.91 Å². The van der Waals surface area contributed by atoms with Crippen LogP contribution in [0.1, 0.15) is 45.4 Å². The molecule has 2 saturated heterocycles. The summed E-state index contributed by atoms with van der Waals surface area (Å²) >= 11 is 7.79. The number of ether oxygens (including phenoxy) is 2. The van der Waals surface area contributed by atoms with Crippen LogP contribution in [0.5, 0.6) is 11.5 Å². The molecule has 204 valence electrons. The zero-order valence-electron chi connectivity index (χ0n) is 21.7. The van der Waals surface area contributed by atoms with Crippen LogP contribution in [0.3, 0.4) is 0 Å². The molecule has 0 bridgehead atoms. The largest absolute Gasteiger partial charge is 0.454 e. The highest BCUT2D eigenvalue weighted by molar-refractivity contribution is 7.09. The lowest BCUT2D eigenvalue weighted by atomic mass is 9.97. The van der Waals surface area contributed by atoms with Crippen molar-refractivity contribution in [3.05, 3.63) is 74.7 Å². The van der Waals surface area contributed by atoms with E-state index in [0.717, 1.165) is 54.5 Å². The zero-order chi connectivity index (χ0) is 26.8. The Bertz CT molecular complexity index is 1350. The third-order valence-corrected chi connectivity index (χ3v) is 9.12. The number of piperidine rings is 1. The first-order chi connectivity index (χ1) is 19.0. The molecule has 6 rings (SSSR count). The maximum atomic E-state index is 13.2. The molecule has 39 heavy (non-hydrogen) atoms. The quantitative estimate of drug-likeness (QED) is 0.439. The van der Waals surface area contributed by atoms with E-state index >= 15 is 0 Å². The van der Waals surface area contributed by atoms with E-state index in [1.165, 1.54) is 5.56 Å². The molecule has 0 aliphatic carbocycles. The van der Waals surface area contributed by atoms with Crippen molar-refractivity contribution >= 4 is 34.8 Å². The molecule has 0 spiro atoms. The molecule has 0 radical (unpaired) electrons. The van der Waals surface area contributed by atoms with Crippen molar-refractivity contribution in [1.29, 1.82) is 0 Å². The van der Waals surface area contributed by atoms with E-state index in [0.29, 0.717) is 43.3 Å². The van der Waals surface area contributed by atoms with Gasteiger partial charge in [0.2, 0.25) is 12.7 Å². The fourth-order valence-electron chi connectivity index (χ4n) is 5.43. The topological polar surface area (TPSA) is 75.2 Å². The smallest absolute Gasteiger partial charge is 0.273 e. The average Bonchev–Trinajstić information content (AvgIpc) is 3.64. The highest BCUT2D eigenvalue weighted by Gasteiger charge is 2.29. The summed E-state index contributed by atoms with van der Waals surface area (Å²) in [6.07, 6.45) is 2.03. The molecule has 2 amide bonds. The normalized spacial score (nSPS) is 18.0. The van der Waals surface area contributed by atoms with Crippen molar-refractivity contribution in [3.8, 4) is 11.5 Å². The van der Waals surface area contributed by atoms with Crippen LogP contribution < -0.4 is 9.47 Å². The number of likely N-dealkylation sites (tertiary alicyclic amines) is 1. The summed E-state index contributed by atoms with van der Waals surface area (Å²) in [6.45, 7) is 5.49. The Morgan fingerprint density at radius 1 is 0.949 bits per heavy atom. The minimum atomic E-state index is 0.00702. The van der Waals surface area contributed by atoms with Crippen molar-refractivity contribution < 1.29 is 19.1 Å². The molecule has 4 heterocycles. The van der Waals surface area contributed by atoms with Crippen molar-refractivity contribution in [2.75, 3.05) is 46.1 Å². The van der Waals surface area contributed by atoms with Gasteiger partial charge in [-0.15, -0.1) is 11.3 Å². The van der Waals surface area contributed by atoms with Crippen LogP contribution >= 0.6 is 22.9 Å². The van der Waals surface area contributed by atoms with Crippen LogP contribution in [0.2, 0.25) is 5.02 Å². The van der Waals surface area contributed by atoms with Crippen molar-refractivity contribution in [2.45, 2.75) is 31.7 Å². The van der Waals surface area contributed by atoms with Crippen LogP contribution in [0.4, 0.5) is 0 Å². The highest BCUT2D eigenvalue weighted by Crippen LogP contribution is 2.33. The third kappa shape index (κ3) is 5.90. The molecule has 0 unspecified atom stereocenters. The molecular weight excluding hydrogens is 536 g/mol. The molecule has 2 aromatic carbocycles. The van der Waals surface area contributed by atoms with Gasteiger partial charge in [0, 0.05) is 62.1 Å². The molecule has 3 aliphatic rings. The van der Waals surface area contributed by atoms with Crippen LogP contribution in [0.25, 0.3) is 0 Å². The van der Waals surface area contributed by atoms with Crippen LogP contribution in [0.15, 0.2) is 47.8 Å². The molecule has 8 nitrogen and oxygen atoms in total. The van der Waals surface area contributed by atoms with Gasteiger partial charge in [0.05, 0.1) is 11.4 Å². The van der Waals surface area contributed by atoms with Crippen molar-refractivity contribution in [1.82, 2.24) is 19.7 Å². The Labute approximate surface area is 237 Å². The Morgan fingerprint density at radius 2 is 1.72 bits per heavy atom. The number of fused-ring (bicyclic) bond motifs is 1. The number of piperazine rings is 1. The summed E-state index contributed by atoms with van der Waals surface area (Å²) in [4.78, 5) is 36.9. The van der Waals surface area contributed by atoms with Gasteiger partial charge in [0.15, 0.2) is 11.5 Å². The molecule has 0 saturated carbocycles. The number of hydrogen-bond acceptors (Lipinski definition) is 7. The molecule has 1 aromatic heterocycles. The Kier molecular flexibility index (Phi) is 7.72. The van der Waals surface area contributed by atoms with Crippen LogP contribution in [0, 0.1) is 0 Å². The summed E-state index contributed by atoms with van der Waals surface area (Å²) in [6, 6.07) is 13.6. The minimum absolute atomic E-state index is 0.00702. The maximum Gasteiger partial charge on any atom is 0.273 e. The average molecular weight is 567 g/mol. The van der Waals surface area contributed by atoms with Crippen LogP contribution in [-0.2, 0) is 17.8 Å². The number of benzene rings is 2. The monoisotopic (exact) mass is 566 g/mol. The van der Waals surface area contributed by atoms with Gasteiger partial charge in [-0.05, 0) is 42.2 Å². The first-order valence-electron chi connectivity index (χ1n) is 13.4. The molecule has 3 aliphatic heterocycles. The molecular formula is C29H31ClN4O4S. The van der Waals surface area contributed by atoms with E-state index in [1.807, 2.05) is 51.6 Å². The van der Waals surface area contributed by atoms with E-state index in [-0.39, 0.29) is 24.5 Å². The number of carbonyl (C=O) groups is 2. The number of hydrogen-bond donors (Lipinski definition) is 0. The fraction of sp³-hybridized carbons (Fsp3) is 0.414. The third-order valence-electron chi connectivity index (χ3n) is 7.74. The second-order valence-electron chi connectivity index (χ2n) is 10.3. The summed E-state index contributed by atoms with van der Waals surface area (Å²) in [5, 5.41) is 3.52. The highest BCUT2D eigenvalue weighted by atomic mass is 35.5. The second kappa shape index (κ2) is 11.5. The van der Waals surface area contributed by atoms with Crippen molar-refractivity contribution in [2.24, 2.45) is 0 Å². The number of thiazole rings is 1. The predicted molar refractivity (Wildman–Crippen MR) is 150 cm³/mol. The number of aromatic nitrogens is 1. The van der Waals surface area contributed by atoms with Crippen LogP contribution in [-0.4, -0.2) is 77.6 Å². The summed E-state index contributed by atoms with van der Waals surface area (Å²) < 4.78 is 10.9. The second-order valence-corrected chi connectivity index (χ2v) is 11.5. The fourth-order valence-corrected chi connectivity index (χ4v) is 6.60. The number of carbonyl (C=O) groups excluding carboxylic acids is 2. The minimum Gasteiger partial charge on any atom is -0.454 e. The van der Waals surface area contributed by atoms with Gasteiger partial charge >= 0.3 is 0 Å². The number of rotatable bonds is 6. The lowest BCUT2D eigenvalue weighted by molar-refractivity contribution is -0.131. The standard InChI is InChI=1S/C29H31ClN4O4S/c30-23-4-2-1-3-22(23)16-27(35)33-9-7-21(8-10-33)28-31-24(18-39-28)29(36)34-13-11-32(12-14-34)17-20-5-6-25-26(15-20)38-19-37-25/h1-6,15,18,21H,7-14,16-17,19H2. The summed E-state index contributed by atoms with van der Waals surface area (Å²) in [5.41, 5.74) is 2.58. The van der Waals surface area contributed by atoms with Gasteiger partial charge in [-0.2, -0.15) is 0 Å². The Hall–Kier alpha value is -3.14. The lowest BCUT2D eigenvalue weighted by Gasteiger charge is -2.34. The summed E-state index contributed by atoms with van der Waals surface area (Å²) in [5.74, 6) is 1.99.